The van der Waals surface area contributed by atoms with Gasteiger partial charge in [-0.1, -0.05) is 31.0 Å². The lowest BCUT2D eigenvalue weighted by Crippen LogP contribution is -2.35. The van der Waals surface area contributed by atoms with Crippen molar-refractivity contribution >= 4 is 17.7 Å². The molecule has 33 heavy (non-hydrogen) atoms. The molecular formula is C25H31N5O2S. The summed E-state index contributed by atoms with van der Waals surface area (Å²) in [5.41, 5.74) is 1.76. The monoisotopic (exact) mass is 465 g/mol. The molecule has 174 valence electrons. The van der Waals surface area contributed by atoms with Gasteiger partial charge in [0.15, 0.2) is 11.0 Å². The van der Waals surface area contributed by atoms with Crippen LogP contribution in [-0.2, 0) is 4.79 Å². The van der Waals surface area contributed by atoms with Crippen LogP contribution in [0.2, 0.25) is 0 Å². The van der Waals surface area contributed by atoms with Crippen LogP contribution in [0.4, 0.5) is 0 Å². The van der Waals surface area contributed by atoms with Gasteiger partial charge in [0.1, 0.15) is 5.75 Å². The third-order valence-corrected chi connectivity index (χ3v) is 6.94. The van der Waals surface area contributed by atoms with E-state index in [1.807, 2.05) is 54.8 Å². The molecule has 1 unspecified atom stereocenters. The van der Waals surface area contributed by atoms with Gasteiger partial charge in [0, 0.05) is 30.2 Å². The van der Waals surface area contributed by atoms with E-state index in [9.17, 15) is 4.79 Å². The minimum atomic E-state index is -0.291. The number of nitrogens with one attached hydrogen (secondary N) is 1. The van der Waals surface area contributed by atoms with Crippen molar-refractivity contribution in [3.05, 3.63) is 48.8 Å². The van der Waals surface area contributed by atoms with E-state index in [1.165, 1.54) is 43.9 Å². The van der Waals surface area contributed by atoms with E-state index in [-0.39, 0.29) is 11.2 Å². The second-order valence-electron chi connectivity index (χ2n) is 8.32. The number of ether oxygens (including phenoxy) is 1. The summed E-state index contributed by atoms with van der Waals surface area (Å²) in [6.45, 7) is 5.25. The molecule has 0 radical (unpaired) electrons. The highest BCUT2D eigenvalue weighted by Crippen LogP contribution is 2.31. The fourth-order valence-electron chi connectivity index (χ4n) is 4.11. The number of carbonyl (C=O) groups excluding carboxylic acids is 1. The van der Waals surface area contributed by atoms with Crippen LogP contribution in [0.25, 0.3) is 17.1 Å². The van der Waals surface area contributed by atoms with Gasteiger partial charge < -0.3 is 10.1 Å². The first-order valence-corrected chi connectivity index (χ1v) is 12.6. The van der Waals surface area contributed by atoms with Gasteiger partial charge in [-0.15, -0.1) is 10.2 Å². The Morgan fingerprint density at radius 1 is 1.18 bits per heavy atom. The normalized spacial score (nSPS) is 15.2. The lowest BCUT2D eigenvalue weighted by atomic mass is 9.89. The average molecular weight is 466 g/mol. The first-order chi connectivity index (χ1) is 16.2. The zero-order chi connectivity index (χ0) is 23.0. The Morgan fingerprint density at radius 3 is 2.67 bits per heavy atom. The van der Waals surface area contributed by atoms with Crippen molar-refractivity contribution in [1.29, 1.82) is 0 Å². The van der Waals surface area contributed by atoms with E-state index in [0.29, 0.717) is 23.5 Å². The Bertz CT molecular complexity index is 1030. The lowest BCUT2D eigenvalue weighted by Gasteiger charge is -2.22. The maximum Gasteiger partial charge on any atom is 0.233 e. The van der Waals surface area contributed by atoms with E-state index >= 15 is 0 Å². The van der Waals surface area contributed by atoms with E-state index in [0.717, 1.165) is 23.5 Å². The van der Waals surface area contributed by atoms with Crippen LogP contribution in [0.15, 0.2) is 53.9 Å². The molecule has 7 nitrogen and oxygen atoms in total. The predicted octanol–water partition coefficient (Wildman–Crippen LogP) is 4.91. The summed E-state index contributed by atoms with van der Waals surface area (Å²) in [4.78, 5) is 17.0. The number of rotatable bonds is 9. The molecule has 0 saturated heterocycles. The summed E-state index contributed by atoms with van der Waals surface area (Å²) >= 11 is 1.42. The summed E-state index contributed by atoms with van der Waals surface area (Å²) in [7, 11) is 0. The zero-order valence-corrected chi connectivity index (χ0v) is 20.1. The van der Waals surface area contributed by atoms with Gasteiger partial charge in [-0.05, 0) is 69.0 Å². The first-order valence-electron chi connectivity index (χ1n) is 11.7. The number of aromatic nitrogens is 4. The zero-order valence-electron chi connectivity index (χ0n) is 19.2. The fraction of sp³-hybridized carbons (Fsp3) is 0.440. The molecule has 1 saturated carbocycles. The topological polar surface area (TPSA) is 81.9 Å². The van der Waals surface area contributed by atoms with E-state index < -0.39 is 0 Å². The van der Waals surface area contributed by atoms with Crippen LogP contribution in [0, 0.1) is 5.92 Å². The highest BCUT2D eigenvalue weighted by Gasteiger charge is 2.23. The molecule has 1 N–H and O–H groups in total. The maximum atomic E-state index is 12.8. The van der Waals surface area contributed by atoms with E-state index in [1.54, 1.807) is 12.4 Å². The second kappa shape index (κ2) is 11.3. The molecule has 1 atom stereocenters. The van der Waals surface area contributed by atoms with E-state index in [2.05, 4.69) is 20.5 Å². The van der Waals surface area contributed by atoms with Crippen LogP contribution in [0.1, 0.15) is 46.0 Å². The molecule has 0 spiro atoms. The van der Waals surface area contributed by atoms with Gasteiger partial charge in [-0.2, -0.15) is 0 Å². The summed E-state index contributed by atoms with van der Waals surface area (Å²) in [6.07, 6.45) is 9.78. The Balaban J connectivity index is 1.54. The van der Waals surface area contributed by atoms with Crippen molar-refractivity contribution in [2.75, 3.05) is 13.2 Å². The van der Waals surface area contributed by atoms with Crippen molar-refractivity contribution in [3.8, 4) is 22.8 Å². The van der Waals surface area contributed by atoms with Gasteiger partial charge in [-0.25, -0.2) is 0 Å². The minimum Gasteiger partial charge on any atom is -0.494 e. The van der Waals surface area contributed by atoms with Crippen LogP contribution in [0.3, 0.4) is 0 Å². The lowest BCUT2D eigenvalue weighted by molar-refractivity contribution is -0.120. The Kier molecular flexibility index (Phi) is 7.99. The van der Waals surface area contributed by atoms with Gasteiger partial charge in [0.2, 0.25) is 5.91 Å². The third-order valence-electron chi connectivity index (χ3n) is 5.90. The van der Waals surface area contributed by atoms with Gasteiger partial charge >= 0.3 is 0 Å². The maximum absolute atomic E-state index is 12.8. The molecule has 2 aromatic heterocycles. The molecule has 3 aromatic rings. The number of hydrogen-bond acceptors (Lipinski definition) is 6. The van der Waals surface area contributed by atoms with Crippen LogP contribution in [-0.4, -0.2) is 44.1 Å². The fourth-order valence-corrected chi connectivity index (χ4v) is 5.00. The SMILES string of the molecule is CCOc1ccc(-n2c(SC(C)C(=O)NCC3CCCCC3)nnc2-c2cccnc2)cc1. The number of benzene rings is 1. The standard InChI is InChI=1S/C25H31N5O2S/c1-3-32-22-13-11-21(12-14-22)30-23(20-10-7-15-26-17-20)28-29-25(30)33-18(2)24(31)27-16-19-8-5-4-6-9-19/h7,10-15,17-19H,3-6,8-9,16H2,1-2H3,(H,27,31). The van der Waals surface area contributed by atoms with Gasteiger partial charge in [-0.3, -0.25) is 14.3 Å². The summed E-state index contributed by atoms with van der Waals surface area (Å²) in [5.74, 6) is 2.13. The highest BCUT2D eigenvalue weighted by atomic mass is 32.2. The summed E-state index contributed by atoms with van der Waals surface area (Å²) in [6, 6.07) is 11.6. The Morgan fingerprint density at radius 2 is 1.97 bits per heavy atom. The smallest absolute Gasteiger partial charge is 0.233 e. The number of thioether (sulfide) groups is 1. The second-order valence-corrected chi connectivity index (χ2v) is 9.63. The molecule has 8 heteroatoms. The van der Waals surface area contributed by atoms with Crippen LogP contribution < -0.4 is 10.1 Å². The van der Waals surface area contributed by atoms with Crippen molar-refractivity contribution in [2.24, 2.45) is 5.92 Å². The molecule has 2 heterocycles. The number of amides is 1. The molecule has 0 bridgehead atoms. The molecule has 1 amide bonds. The molecule has 1 aromatic carbocycles. The quantitative estimate of drug-likeness (QED) is 0.453. The van der Waals surface area contributed by atoms with Gasteiger partial charge in [0.05, 0.1) is 11.9 Å². The Labute approximate surface area is 199 Å². The Hall–Kier alpha value is -2.87. The first kappa shape index (κ1) is 23.3. The molecule has 1 fully saturated rings. The molecular weight excluding hydrogens is 434 g/mol. The van der Waals surface area contributed by atoms with Crippen LogP contribution in [0.5, 0.6) is 5.75 Å². The number of pyridine rings is 1. The molecule has 4 rings (SSSR count). The summed E-state index contributed by atoms with van der Waals surface area (Å²) < 4.78 is 7.56. The average Bonchev–Trinajstić information content (AvgIpc) is 3.27. The predicted molar refractivity (Wildman–Crippen MR) is 131 cm³/mol. The summed E-state index contributed by atoms with van der Waals surface area (Å²) in [5, 5.41) is 12.4. The molecule has 1 aliphatic carbocycles. The third kappa shape index (κ3) is 5.93. The van der Waals surface area contributed by atoms with Crippen molar-refractivity contribution < 1.29 is 9.53 Å². The van der Waals surface area contributed by atoms with E-state index in [4.69, 9.17) is 4.74 Å². The minimum absolute atomic E-state index is 0.0368. The largest absolute Gasteiger partial charge is 0.494 e. The number of nitrogens with zero attached hydrogens (tertiary/aromatic N) is 4. The van der Waals surface area contributed by atoms with Gasteiger partial charge in [0.25, 0.3) is 0 Å². The highest BCUT2D eigenvalue weighted by molar-refractivity contribution is 8.00. The molecule has 0 aliphatic heterocycles. The molecule has 1 aliphatic rings. The van der Waals surface area contributed by atoms with Crippen molar-refractivity contribution in [3.63, 3.8) is 0 Å². The number of carbonyl (C=O) groups is 1. The number of hydrogen-bond donors (Lipinski definition) is 1. The van der Waals surface area contributed by atoms with Crippen LogP contribution >= 0.6 is 11.8 Å². The van der Waals surface area contributed by atoms with Crippen molar-refractivity contribution in [1.82, 2.24) is 25.1 Å². The van der Waals surface area contributed by atoms with Crippen molar-refractivity contribution in [2.45, 2.75) is 56.4 Å².